The number of hydrogen-bond donors (Lipinski definition) is 1. The van der Waals surface area contributed by atoms with Crippen LogP contribution in [0, 0.1) is 5.92 Å². The highest BCUT2D eigenvalue weighted by Gasteiger charge is 2.54. The van der Waals surface area contributed by atoms with Gasteiger partial charge in [0.1, 0.15) is 5.78 Å². The van der Waals surface area contributed by atoms with Crippen LogP contribution >= 0.6 is 0 Å². The molecule has 110 valence electrons. The minimum atomic E-state index is -0.360. The van der Waals surface area contributed by atoms with Crippen molar-refractivity contribution in [3.8, 4) is 0 Å². The number of rotatable bonds is 6. The molecule has 0 aromatic carbocycles. The first kappa shape index (κ1) is 16.7. The summed E-state index contributed by atoms with van der Waals surface area (Å²) in [4.78, 5) is 11.1. The first-order valence-electron chi connectivity index (χ1n) is 7.18. The molecule has 1 saturated heterocycles. The second kappa shape index (κ2) is 5.94. The Bertz CT molecular complexity index is 333. The van der Waals surface area contributed by atoms with Gasteiger partial charge in [-0.3, -0.25) is 0 Å². The van der Waals surface area contributed by atoms with Crippen LogP contribution in [0.3, 0.4) is 0 Å². The highest BCUT2D eigenvalue weighted by Crippen LogP contribution is 2.41. The third-order valence-electron chi connectivity index (χ3n) is 4.24. The molecule has 5 heteroatoms. The van der Waals surface area contributed by atoms with Crippen molar-refractivity contribution in [2.24, 2.45) is 11.7 Å². The summed E-state index contributed by atoms with van der Waals surface area (Å²) in [5, 5.41) is 0. The van der Waals surface area contributed by atoms with E-state index in [-0.39, 0.29) is 30.0 Å². The van der Waals surface area contributed by atoms with Crippen molar-refractivity contribution >= 4 is 12.9 Å². The fraction of sp³-hybridized carbons (Fsp3) is 0.929. The Hall–Kier alpha value is -0.385. The maximum Gasteiger partial charge on any atom is 0.475 e. The maximum atomic E-state index is 11.1. The molecule has 0 saturated carbocycles. The smallest absolute Gasteiger partial charge is 0.402 e. The van der Waals surface area contributed by atoms with Gasteiger partial charge in [-0.2, -0.15) is 0 Å². The fourth-order valence-electron chi connectivity index (χ4n) is 2.53. The quantitative estimate of drug-likeness (QED) is 0.752. The Kier molecular flexibility index (Phi) is 5.21. The number of nitrogens with two attached hydrogens (primary N) is 1. The number of Topliss-reactive ketones (excluding diaryl/α,β-unsaturated/α-hetero) is 1. The van der Waals surface area contributed by atoms with E-state index >= 15 is 0 Å². The molecule has 1 aliphatic rings. The maximum absolute atomic E-state index is 11.1. The van der Waals surface area contributed by atoms with E-state index in [0.717, 1.165) is 12.8 Å². The van der Waals surface area contributed by atoms with Crippen molar-refractivity contribution in [1.29, 1.82) is 0 Å². The Labute approximate surface area is 117 Å². The van der Waals surface area contributed by atoms with Gasteiger partial charge < -0.3 is 19.8 Å². The molecule has 0 spiro atoms. The zero-order valence-electron chi connectivity index (χ0n) is 13.2. The van der Waals surface area contributed by atoms with E-state index in [9.17, 15) is 4.79 Å². The minimum Gasteiger partial charge on any atom is -0.402 e. The van der Waals surface area contributed by atoms with Crippen molar-refractivity contribution < 1.29 is 14.1 Å². The topological polar surface area (TPSA) is 61.5 Å². The predicted molar refractivity (Wildman–Crippen MR) is 77.8 cm³/mol. The summed E-state index contributed by atoms with van der Waals surface area (Å²) in [6.45, 7) is 11.8. The third-order valence-corrected chi connectivity index (χ3v) is 4.24. The van der Waals surface area contributed by atoms with Gasteiger partial charge in [-0.1, -0.05) is 13.8 Å². The Morgan fingerprint density at radius 2 is 1.84 bits per heavy atom. The predicted octanol–water partition coefficient (Wildman–Crippen LogP) is 2.34. The van der Waals surface area contributed by atoms with Gasteiger partial charge in [-0.25, -0.2) is 0 Å². The second-order valence-electron chi connectivity index (χ2n) is 6.75. The van der Waals surface area contributed by atoms with E-state index in [1.54, 1.807) is 6.92 Å². The summed E-state index contributed by atoms with van der Waals surface area (Å²) >= 11 is 0. The van der Waals surface area contributed by atoms with Gasteiger partial charge in [0.15, 0.2) is 0 Å². The molecular formula is C14H28BNO3. The van der Waals surface area contributed by atoms with Crippen LogP contribution in [0.5, 0.6) is 0 Å². The molecule has 4 nitrogen and oxygen atoms in total. The van der Waals surface area contributed by atoms with Crippen LogP contribution in [0.4, 0.5) is 0 Å². The van der Waals surface area contributed by atoms with Gasteiger partial charge in [0.2, 0.25) is 0 Å². The number of ketones is 1. The molecule has 2 N–H and O–H groups in total. The van der Waals surface area contributed by atoms with Crippen LogP contribution in [0.15, 0.2) is 0 Å². The Morgan fingerprint density at radius 3 is 2.26 bits per heavy atom. The number of carbonyl (C=O) groups excluding carboxylic acids is 1. The molecule has 0 radical (unpaired) electrons. The van der Waals surface area contributed by atoms with Gasteiger partial charge >= 0.3 is 7.12 Å². The highest BCUT2D eigenvalue weighted by molar-refractivity contribution is 6.47. The molecule has 0 aromatic heterocycles. The summed E-state index contributed by atoms with van der Waals surface area (Å²) < 4.78 is 12.0. The van der Waals surface area contributed by atoms with Gasteiger partial charge in [0, 0.05) is 12.4 Å². The van der Waals surface area contributed by atoms with E-state index in [0.29, 0.717) is 12.3 Å². The van der Waals surface area contributed by atoms with E-state index in [1.165, 1.54) is 0 Å². The molecule has 19 heavy (non-hydrogen) atoms. The fourth-order valence-corrected chi connectivity index (χ4v) is 2.53. The van der Waals surface area contributed by atoms with E-state index in [2.05, 4.69) is 13.8 Å². The van der Waals surface area contributed by atoms with E-state index in [4.69, 9.17) is 15.0 Å². The molecule has 3 unspecified atom stereocenters. The van der Waals surface area contributed by atoms with Crippen LogP contribution in [0.25, 0.3) is 0 Å². The standard InChI is InChI=1S/C14H28BNO3/c1-10(9-11(2)17)7-8-14(6)13(4,5)18-15(19-14)12(3)16/h10,12H,7-9,16H2,1-6H3. The summed E-state index contributed by atoms with van der Waals surface area (Å²) in [7, 11) is -0.344. The average molecular weight is 269 g/mol. The van der Waals surface area contributed by atoms with Crippen LogP contribution in [0.2, 0.25) is 0 Å². The average Bonchev–Trinajstić information content (AvgIpc) is 2.47. The summed E-state index contributed by atoms with van der Waals surface area (Å²) in [6, 6.07) is 0. The zero-order chi connectivity index (χ0) is 14.8. The molecule has 0 aliphatic carbocycles. The lowest BCUT2D eigenvalue weighted by atomic mass is 9.80. The molecule has 1 fully saturated rings. The number of hydrogen-bond acceptors (Lipinski definition) is 4. The highest BCUT2D eigenvalue weighted by atomic mass is 16.7. The lowest BCUT2D eigenvalue weighted by Gasteiger charge is -2.37. The van der Waals surface area contributed by atoms with Crippen molar-refractivity contribution in [3.05, 3.63) is 0 Å². The van der Waals surface area contributed by atoms with Gasteiger partial charge in [0.05, 0.1) is 11.2 Å². The second-order valence-corrected chi connectivity index (χ2v) is 6.75. The lowest BCUT2D eigenvalue weighted by Crippen LogP contribution is -2.45. The first-order valence-corrected chi connectivity index (χ1v) is 7.18. The van der Waals surface area contributed by atoms with Crippen molar-refractivity contribution in [1.82, 2.24) is 0 Å². The minimum absolute atomic E-state index is 0.143. The van der Waals surface area contributed by atoms with Crippen LogP contribution < -0.4 is 5.73 Å². The summed E-state index contributed by atoms with van der Waals surface area (Å²) in [5.41, 5.74) is 5.16. The summed E-state index contributed by atoms with van der Waals surface area (Å²) in [6.07, 6.45) is 2.46. The lowest BCUT2D eigenvalue weighted by molar-refractivity contribution is -0.117. The third kappa shape index (κ3) is 4.04. The monoisotopic (exact) mass is 269 g/mol. The van der Waals surface area contributed by atoms with Crippen molar-refractivity contribution in [2.75, 3.05) is 0 Å². The van der Waals surface area contributed by atoms with Gasteiger partial charge in [0.25, 0.3) is 0 Å². The Morgan fingerprint density at radius 1 is 1.26 bits per heavy atom. The molecule has 3 atom stereocenters. The zero-order valence-corrected chi connectivity index (χ0v) is 13.2. The molecule has 1 heterocycles. The largest absolute Gasteiger partial charge is 0.475 e. The number of carbonyl (C=O) groups is 1. The molecule has 1 aliphatic heterocycles. The van der Waals surface area contributed by atoms with Crippen LogP contribution in [-0.4, -0.2) is 30.0 Å². The van der Waals surface area contributed by atoms with E-state index < -0.39 is 0 Å². The SMILES string of the molecule is CC(=O)CC(C)CCC1(C)OB(C(C)N)OC1(C)C. The van der Waals surface area contributed by atoms with Crippen molar-refractivity contribution in [2.45, 2.75) is 77.9 Å². The normalized spacial score (nSPS) is 29.3. The van der Waals surface area contributed by atoms with Gasteiger partial charge in [-0.15, -0.1) is 0 Å². The molecule has 0 bridgehead atoms. The Balaban J connectivity index is 2.62. The first-order chi connectivity index (χ1) is 8.57. The molecule has 0 aromatic rings. The van der Waals surface area contributed by atoms with Crippen LogP contribution in [-0.2, 0) is 14.1 Å². The van der Waals surface area contributed by atoms with E-state index in [1.807, 2.05) is 20.8 Å². The van der Waals surface area contributed by atoms with Crippen LogP contribution in [0.1, 0.15) is 60.8 Å². The molecular weight excluding hydrogens is 241 g/mol. The van der Waals surface area contributed by atoms with Crippen molar-refractivity contribution in [3.63, 3.8) is 0 Å². The summed E-state index contributed by atoms with van der Waals surface area (Å²) in [5.74, 6) is 0.479. The molecule has 1 rings (SSSR count). The van der Waals surface area contributed by atoms with Gasteiger partial charge in [-0.05, 0) is 46.5 Å². The molecule has 0 amide bonds.